The van der Waals surface area contributed by atoms with E-state index in [0.717, 1.165) is 31.6 Å². The summed E-state index contributed by atoms with van der Waals surface area (Å²) in [7, 11) is 1.62. The lowest BCUT2D eigenvalue weighted by Gasteiger charge is -2.28. The third-order valence-corrected chi connectivity index (χ3v) is 4.65. The number of nitrogens with zero attached hydrogens (tertiary/aromatic N) is 2. The highest BCUT2D eigenvalue weighted by Crippen LogP contribution is 2.26. The fraction of sp³-hybridized carbons (Fsp3) is 0.588. The molecule has 0 spiro atoms. The number of likely N-dealkylation sites (tertiary alicyclic amines) is 2. The molecule has 2 amide bonds. The van der Waals surface area contributed by atoms with Crippen LogP contribution in [0.2, 0.25) is 0 Å². The number of urea groups is 1. The number of carbonyl (C=O) groups excluding carboxylic acids is 1. The molecule has 3 rings (SSSR count). The van der Waals surface area contributed by atoms with Crippen molar-refractivity contribution < 1.29 is 9.53 Å². The van der Waals surface area contributed by atoms with Gasteiger partial charge in [-0.15, -0.1) is 0 Å². The molecule has 1 unspecified atom stereocenters. The monoisotopic (exact) mass is 303 g/mol. The number of para-hydroxylation sites is 2. The number of anilines is 1. The molecule has 0 aromatic heterocycles. The fourth-order valence-corrected chi connectivity index (χ4v) is 3.49. The predicted molar refractivity (Wildman–Crippen MR) is 87.4 cm³/mol. The van der Waals surface area contributed by atoms with E-state index < -0.39 is 0 Å². The molecule has 0 saturated carbocycles. The molecular weight excluding hydrogens is 278 g/mol. The lowest BCUT2D eigenvalue weighted by molar-refractivity contribution is 0.186. The summed E-state index contributed by atoms with van der Waals surface area (Å²) in [6.45, 7) is 4.22. The third kappa shape index (κ3) is 3.35. The number of amides is 2. The lowest BCUT2D eigenvalue weighted by Crippen LogP contribution is -2.44. The van der Waals surface area contributed by atoms with Crippen molar-refractivity contribution in [2.45, 2.75) is 31.7 Å². The van der Waals surface area contributed by atoms with E-state index in [0.29, 0.717) is 11.8 Å². The van der Waals surface area contributed by atoms with Gasteiger partial charge in [-0.2, -0.15) is 0 Å². The number of nitrogens with one attached hydrogen (secondary N) is 1. The van der Waals surface area contributed by atoms with Crippen molar-refractivity contribution in [3.63, 3.8) is 0 Å². The summed E-state index contributed by atoms with van der Waals surface area (Å²) >= 11 is 0. The molecule has 2 fully saturated rings. The van der Waals surface area contributed by atoms with Crippen molar-refractivity contribution in [1.29, 1.82) is 0 Å². The fourth-order valence-electron chi connectivity index (χ4n) is 3.49. The number of hydrogen-bond acceptors (Lipinski definition) is 3. The second-order valence-corrected chi connectivity index (χ2v) is 6.13. The summed E-state index contributed by atoms with van der Waals surface area (Å²) in [5.41, 5.74) is 0.738. The van der Waals surface area contributed by atoms with Crippen LogP contribution >= 0.6 is 0 Å². The Morgan fingerprint density at radius 1 is 1.23 bits per heavy atom. The van der Waals surface area contributed by atoms with Crippen molar-refractivity contribution in [3.05, 3.63) is 24.3 Å². The van der Waals surface area contributed by atoms with E-state index in [1.165, 1.54) is 25.9 Å². The Morgan fingerprint density at radius 2 is 2.00 bits per heavy atom. The summed E-state index contributed by atoms with van der Waals surface area (Å²) in [6, 6.07) is 7.88. The Bertz CT molecular complexity index is 514. The molecule has 0 aliphatic carbocycles. The number of hydrogen-bond donors (Lipinski definition) is 1. The minimum Gasteiger partial charge on any atom is -0.495 e. The van der Waals surface area contributed by atoms with Gasteiger partial charge in [0.15, 0.2) is 0 Å². The van der Waals surface area contributed by atoms with Gasteiger partial charge in [-0.05, 0) is 50.9 Å². The van der Waals surface area contributed by atoms with Gasteiger partial charge >= 0.3 is 6.03 Å². The Labute approximate surface area is 132 Å². The van der Waals surface area contributed by atoms with Crippen molar-refractivity contribution in [2.24, 2.45) is 0 Å². The maximum atomic E-state index is 12.6. The summed E-state index contributed by atoms with van der Waals surface area (Å²) in [5, 5.41) is 3.00. The van der Waals surface area contributed by atoms with E-state index in [9.17, 15) is 4.79 Å². The molecule has 2 heterocycles. The zero-order valence-corrected chi connectivity index (χ0v) is 13.3. The van der Waals surface area contributed by atoms with Gasteiger partial charge in [0.2, 0.25) is 0 Å². The Kier molecular flexibility index (Phi) is 4.83. The number of ether oxygens (including phenoxy) is 1. The summed E-state index contributed by atoms with van der Waals surface area (Å²) < 4.78 is 5.30. The molecule has 5 heteroatoms. The van der Waals surface area contributed by atoms with Crippen LogP contribution in [0.3, 0.4) is 0 Å². The molecule has 1 aromatic rings. The van der Waals surface area contributed by atoms with Crippen LogP contribution in [0.1, 0.15) is 25.7 Å². The van der Waals surface area contributed by atoms with E-state index >= 15 is 0 Å². The second-order valence-electron chi connectivity index (χ2n) is 6.13. The van der Waals surface area contributed by atoms with Gasteiger partial charge in [-0.25, -0.2) is 4.79 Å². The average Bonchev–Trinajstić information content (AvgIpc) is 3.20. The lowest BCUT2D eigenvalue weighted by atomic mass is 10.2. The minimum absolute atomic E-state index is 0.00815. The largest absolute Gasteiger partial charge is 0.495 e. The highest BCUT2D eigenvalue weighted by Gasteiger charge is 2.31. The van der Waals surface area contributed by atoms with E-state index in [1.807, 2.05) is 29.2 Å². The van der Waals surface area contributed by atoms with Crippen molar-refractivity contribution >= 4 is 11.7 Å². The topological polar surface area (TPSA) is 44.8 Å². The number of benzene rings is 1. The maximum absolute atomic E-state index is 12.6. The minimum atomic E-state index is -0.00815. The molecule has 1 atom stereocenters. The van der Waals surface area contributed by atoms with E-state index in [4.69, 9.17) is 4.74 Å². The molecule has 0 bridgehead atoms. The van der Waals surface area contributed by atoms with Crippen molar-refractivity contribution in [3.8, 4) is 5.75 Å². The Hall–Kier alpha value is -1.75. The van der Waals surface area contributed by atoms with Gasteiger partial charge in [-0.1, -0.05) is 12.1 Å². The van der Waals surface area contributed by atoms with E-state index in [-0.39, 0.29) is 6.03 Å². The van der Waals surface area contributed by atoms with Gasteiger partial charge in [0.25, 0.3) is 0 Å². The zero-order valence-electron chi connectivity index (χ0n) is 13.3. The maximum Gasteiger partial charge on any atom is 0.322 e. The van der Waals surface area contributed by atoms with Crippen LogP contribution < -0.4 is 10.1 Å². The van der Waals surface area contributed by atoms with E-state index in [2.05, 4.69) is 10.2 Å². The SMILES string of the molecule is COc1ccccc1NC(=O)N1CCCC1CN1CCCC1. The molecule has 120 valence electrons. The van der Waals surface area contributed by atoms with E-state index in [1.54, 1.807) is 7.11 Å². The van der Waals surface area contributed by atoms with Crippen LogP contribution in [-0.4, -0.2) is 55.2 Å². The normalized spacial score (nSPS) is 22.0. The van der Waals surface area contributed by atoms with Crippen LogP contribution in [0.25, 0.3) is 0 Å². The van der Waals surface area contributed by atoms with Gasteiger partial charge in [-0.3, -0.25) is 0 Å². The molecule has 0 radical (unpaired) electrons. The van der Waals surface area contributed by atoms with Crippen LogP contribution in [0.5, 0.6) is 5.75 Å². The standard InChI is InChI=1S/C17H25N3O2/c1-22-16-9-3-2-8-15(16)18-17(21)20-12-6-7-14(20)13-19-10-4-5-11-19/h2-3,8-9,14H,4-7,10-13H2,1H3,(H,18,21). The van der Waals surface area contributed by atoms with Gasteiger partial charge in [0, 0.05) is 19.1 Å². The first-order valence-corrected chi connectivity index (χ1v) is 8.21. The Morgan fingerprint density at radius 3 is 2.77 bits per heavy atom. The number of methoxy groups -OCH3 is 1. The van der Waals surface area contributed by atoms with Gasteiger partial charge in [0.05, 0.1) is 12.8 Å². The van der Waals surface area contributed by atoms with Crippen LogP contribution in [0.15, 0.2) is 24.3 Å². The highest BCUT2D eigenvalue weighted by molar-refractivity contribution is 5.91. The van der Waals surface area contributed by atoms with Crippen LogP contribution in [0, 0.1) is 0 Å². The summed E-state index contributed by atoms with van der Waals surface area (Å²) in [4.78, 5) is 17.1. The first-order chi connectivity index (χ1) is 10.8. The molecule has 22 heavy (non-hydrogen) atoms. The first-order valence-electron chi connectivity index (χ1n) is 8.21. The quantitative estimate of drug-likeness (QED) is 0.930. The average molecular weight is 303 g/mol. The van der Waals surface area contributed by atoms with Gasteiger partial charge in [0.1, 0.15) is 5.75 Å². The summed E-state index contributed by atoms with van der Waals surface area (Å²) in [6.07, 6.45) is 4.79. The molecule has 2 saturated heterocycles. The number of carbonyl (C=O) groups is 1. The molecule has 5 nitrogen and oxygen atoms in total. The zero-order chi connectivity index (χ0) is 15.4. The Balaban J connectivity index is 1.62. The molecule has 2 aliphatic rings. The summed E-state index contributed by atoms with van der Waals surface area (Å²) in [5.74, 6) is 0.700. The highest BCUT2D eigenvalue weighted by atomic mass is 16.5. The number of rotatable bonds is 4. The molecule has 2 aliphatic heterocycles. The van der Waals surface area contributed by atoms with Gasteiger partial charge < -0.3 is 19.9 Å². The molecule has 1 N–H and O–H groups in total. The smallest absolute Gasteiger partial charge is 0.322 e. The molecular formula is C17H25N3O2. The molecule has 1 aromatic carbocycles. The van der Waals surface area contributed by atoms with Crippen LogP contribution in [-0.2, 0) is 0 Å². The van der Waals surface area contributed by atoms with Crippen molar-refractivity contribution in [2.75, 3.05) is 38.6 Å². The van der Waals surface area contributed by atoms with Crippen LogP contribution in [0.4, 0.5) is 10.5 Å². The first kappa shape index (κ1) is 15.2. The predicted octanol–water partition coefficient (Wildman–Crippen LogP) is 2.79. The third-order valence-electron chi connectivity index (χ3n) is 4.65. The van der Waals surface area contributed by atoms with Crippen molar-refractivity contribution in [1.82, 2.24) is 9.80 Å². The second kappa shape index (κ2) is 7.01.